The van der Waals surface area contributed by atoms with Crippen molar-refractivity contribution in [1.29, 1.82) is 0 Å². The van der Waals surface area contributed by atoms with Gasteiger partial charge in [-0.05, 0) is 25.0 Å². The predicted octanol–water partition coefficient (Wildman–Crippen LogP) is 3.00. The average molecular weight is 273 g/mol. The van der Waals surface area contributed by atoms with Gasteiger partial charge in [-0.2, -0.15) is 0 Å². The van der Waals surface area contributed by atoms with E-state index in [4.69, 9.17) is 21.1 Å². The number of ketones is 1. The molecule has 0 aliphatic heterocycles. The Morgan fingerprint density at radius 2 is 2.00 bits per heavy atom. The molecule has 0 saturated carbocycles. The summed E-state index contributed by atoms with van der Waals surface area (Å²) in [5.41, 5.74) is 0.252. The molecule has 100 valence electrons. The highest BCUT2D eigenvalue weighted by molar-refractivity contribution is 6.17. The molecule has 0 fully saturated rings. The number of benzene rings is 1. The maximum absolute atomic E-state index is 11.9. The number of aromatic hydroxyl groups is 1. The molecule has 5 heteroatoms. The van der Waals surface area contributed by atoms with E-state index in [1.807, 2.05) is 0 Å². The van der Waals surface area contributed by atoms with Gasteiger partial charge in [-0.1, -0.05) is 0 Å². The summed E-state index contributed by atoms with van der Waals surface area (Å²) in [6.07, 6.45) is 1.84. The van der Waals surface area contributed by atoms with E-state index in [9.17, 15) is 9.90 Å². The van der Waals surface area contributed by atoms with Gasteiger partial charge in [0.15, 0.2) is 17.3 Å². The molecule has 0 aliphatic carbocycles. The van der Waals surface area contributed by atoms with Crippen LogP contribution in [-0.2, 0) is 0 Å². The van der Waals surface area contributed by atoms with Crippen molar-refractivity contribution in [1.82, 2.24) is 0 Å². The van der Waals surface area contributed by atoms with Crippen LogP contribution in [0.1, 0.15) is 29.6 Å². The fraction of sp³-hybridized carbons (Fsp3) is 0.462. The lowest BCUT2D eigenvalue weighted by atomic mass is 10.0. The minimum atomic E-state index is -0.173. The van der Waals surface area contributed by atoms with Gasteiger partial charge in [-0.3, -0.25) is 4.79 Å². The van der Waals surface area contributed by atoms with Crippen molar-refractivity contribution in [3.63, 3.8) is 0 Å². The van der Waals surface area contributed by atoms with Gasteiger partial charge in [0.25, 0.3) is 0 Å². The number of carbonyl (C=O) groups is 1. The van der Waals surface area contributed by atoms with Crippen LogP contribution in [0.25, 0.3) is 0 Å². The van der Waals surface area contributed by atoms with Crippen LogP contribution in [0.15, 0.2) is 12.1 Å². The summed E-state index contributed by atoms with van der Waals surface area (Å²) in [5, 5.41) is 9.98. The molecule has 4 nitrogen and oxygen atoms in total. The second-order valence-electron chi connectivity index (χ2n) is 3.77. The summed E-state index contributed by atoms with van der Waals surface area (Å²) in [4.78, 5) is 11.9. The van der Waals surface area contributed by atoms with Crippen LogP contribution in [0.2, 0.25) is 0 Å². The number of Topliss-reactive ketones (excluding diaryl/α,β-unsaturated/α-hetero) is 1. The molecular formula is C13H17ClO4. The molecule has 0 spiro atoms. The summed E-state index contributed by atoms with van der Waals surface area (Å²) in [6.45, 7) is 0. The molecule has 1 aromatic rings. The molecule has 18 heavy (non-hydrogen) atoms. The van der Waals surface area contributed by atoms with Crippen LogP contribution >= 0.6 is 11.6 Å². The molecule has 0 unspecified atom stereocenters. The lowest BCUT2D eigenvalue weighted by Gasteiger charge is -2.12. The van der Waals surface area contributed by atoms with Crippen molar-refractivity contribution in [3.05, 3.63) is 17.7 Å². The minimum Gasteiger partial charge on any atom is -0.504 e. The molecule has 0 heterocycles. The fourth-order valence-electron chi connectivity index (χ4n) is 1.65. The van der Waals surface area contributed by atoms with Crippen LogP contribution in [-0.4, -0.2) is 31.0 Å². The third-order valence-corrected chi connectivity index (χ3v) is 2.87. The molecule has 1 aromatic carbocycles. The summed E-state index contributed by atoms with van der Waals surface area (Å²) in [7, 11) is 2.89. The number of hydrogen-bond acceptors (Lipinski definition) is 4. The van der Waals surface area contributed by atoms with E-state index < -0.39 is 0 Å². The highest BCUT2D eigenvalue weighted by Crippen LogP contribution is 2.39. The molecule has 0 amide bonds. The Bertz CT molecular complexity index is 418. The van der Waals surface area contributed by atoms with Gasteiger partial charge in [0, 0.05) is 12.3 Å². The normalized spacial score (nSPS) is 10.2. The lowest BCUT2D eigenvalue weighted by Crippen LogP contribution is -2.02. The van der Waals surface area contributed by atoms with E-state index in [2.05, 4.69) is 0 Å². The van der Waals surface area contributed by atoms with E-state index in [0.29, 0.717) is 24.5 Å². The number of alkyl halides is 1. The highest BCUT2D eigenvalue weighted by atomic mass is 35.5. The fourth-order valence-corrected chi connectivity index (χ4v) is 1.84. The summed E-state index contributed by atoms with van der Waals surface area (Å²) in [6, 6.07) is 3.15. The second-order valence-corrected chi connectivity index (χ2v) is 4.14. The number of phenolic OH excluding ortho intramolecular Hbond substituents is 1. The van der Waals surface area contributed by atoms with E-state index in [1.54, 1.807) is 12.1 Å². The Labute approximate surface area is 111 Å². The largest absolute Gasteiger partial charge is 0.504 e. The number of hydrogen-bond donors (Lipinski definition) is 1. The van der Waals surface area contributed by atoms with Gasteiger partial charge in [0.2, 0.25) is 5.75 Å². The molecule has 0 aromatic heterocycles. The van der Waals surface area contributed by atoms with Crippen LogP contribution in [0.3, 0.4) is 0 Å². The molecule has 0 bridgehead atoms. The van der Waals surface area contributed by atoms with Gasteiger partial charge < -0.3 is 14.6 Å². The molecule has 1 rings (SSSR count). The first-order valence-electron chi connectivity index (χ1n) is 5.68. The van der Waals surface area contributed by atoms with E-state index in [0.717, 1.165) is 6.42 Å². The van der Waals surface area contributed by atoms with Crippen molar-refractivity contribution in [3.8, 4) is 17.2 Å². The number of halogens is 1. The summed E-state index contributed by atoms with van der Waals surface area (Å²) in [5.74, 6) is 0.810. The van der Waals surface area contributed by atoms with Gasteiger partial charge >= 0.3 is 0 Å². The lowest BCUT2D eigenvalue weighted by molar-refractivity contribution is 0.0976. The standard InChI is InChI=1S/C13H17ClO4/c1-17-11-7-6-9(12(16)13(11)18-2)10(15)5-3-4-8-14/h6-7,16H,3-5,8H2,1-2H3. The third kappa shape index (κ3) is 3.29. The Morgan fingerprint density at radius 1 is 1.28 bits per heavy atom. The Kier molecular flexibility index (Phi) is 5.78. The minimum absolute atomic E-state index is 0.126. The van der Waals surface area contributed by atoms with Gasteiger partial charge in [0.05, 0.1) is 19.8 Å². The number of methoxy groups -OCH3 is 2. The number of carbonyl (C=O) groups excluding carboxylic acids is 1. The summed E-state index contributed by atoms with van der Waals surface area (Å²) >= 11 is 5.55. The number of ether oxygens (including phenoxy) is 2. The van der Waals surface area contributed by atoms with E-state index in [-0.39, 0.29) is 22.8 Å². The van der Waals surface area contributed by atoms with Crippen molar-refractivity contribution < 1.29 is 19.4 Å². The Balaban J connectivity index is 2.93. The molecule has 0 radical (unpaired) electrons. The molecule has 1 N–H and O–H groups in total. The van der Waals surface area contributed by atoms with Gasteiger partial charge in [0.1, 0.15) is 0 Å². The van der Waals surface area contributed by atoms with E-state index in [1.165, 1.54) is 14.2 Å². The molecular weight excluding hydrogens is 256 g/mol. The average Bonchev–Trinajstić information content (AvgIpc) is 2.38. The zero-order valence-electron chi connectivity index (χ0n) is 10.5. The monoisotopic (exact) mass is 272 g/mol. The van der Waals surface area contributed by atoms with Crippen molar-refractivity contribution in [2.75, 3.05) is 20.1 Å². The van der Waals surface area contributed by atoms with Crippen molar-refractivity contribution in [2.24, 2.45) is 0 Å². The van der Waals surface area contributed by atoms with Crippen LogP contribution in [0.5, 0.6) is 17.2 Å². The first-order chi connectivity index (χ1) is 8.65. The van der Waals surface area contributed by atoms with Gasteiger partial charge in [-0.15, -0.1) is 11.6 Å². The molecule has 0 aliphatic rings. The highest BCUT2D eigenvalue weighted by Gasteiger charge is 2.18. The van der Waals surface area contributed by atoms with Crippen LogP contribution in [0.4, 0.5) is 0 Å². The quantitative estimate of drug-likeness (QED) is 0.471. The Hall–Kier alpha value is -1.42. The number of rotatable bonds is 7. The van der Waals surface area contributed by atoms with Gasteiger partial charge in [-0.25, -0.2) is 0 Å². The first kappa shape index (κ1) is 14.6. The number of phenols is 1. The van der Waals surface area contributed by atoms with Crippen molar-refractivity contribution >= 4 is 17.4 Å². The topological polar surface area (TPSA) is 55.8 Å². The zero-order chi connectivity index (χ0) is 13.5. The molecule has 0 atom stereocenters. The van der Waals surface area contributed by atoms with Crippen LogP contribution in [0, 0.1) is 0 Å². The zero-order valence-corrected chi connectivity index (χ0v) is 11.3. The molecule has 0 saturated heterocycles. The smallest absolute Gasteiger partial charge is 0.203 e. The maximum Gasteiger partial charge on any atom is 0.203 e. The second kappa shape index (κ2) is 7.11. The Morgan fingerprint density at radius 3 is 2.56 bits per heavy atom. The number of unbranched alkanes of at least 4 members (excludes halogenated alkanes) is 1. The summed E-state index contributed by atoms with van der Waals surface area (Å²) < 4.78 is 10.1. The predicted molar refractivity (Wildman–Crippen MR) is 70.1 cm³/mol. The van der Waals surface area contributed by atoms with Crippen molar-refractivity contribution in [2.45, 2.75) is 19.3 Å². The van der Waals surface area contributed by atoms with Crippen LogP contribution < -0.4 is 9.47 Å². The van der Waals surface area contributed by atoms with E-state index >= 15 is 0 Å². The first-order valence-corrected chi connectivity index (χ1v) is 6.22. The maximum atomic E-state index is 11.9. The SMILES string of the molecule is COc1ccc(C(=O)CCCCCl)c(O)c1OC. The third-order valence-electron chi connectivity index (χ3n) is 2.61.